The fraction of sp³-hybridized carbons (Fsp3) is 0.448. The molecule has 1 saturated carbocycles. The molecule has 0 spiro atoms. The SMILES string of the molecule is CC1CCN=C(c2cccs2)CC1=Nc1nc(Sc2ccc(NC(=O)C3CC3)cc2)nc(N2CCN(C)CC2)n1. The Kier molecular flexibility index (Phi) is 8.22. The van der Waals surface area contributed by atoms with Crippen molar-refractivity contribution in [3.05, 3.63) is 46.7 Å². The average Bonchev–Trinajstić information content (AvgIpc) is 3.70. The Morgan fingerprint density at radius 1 is 1.05 bits per heavy atom. The summed E-state index contributed by atoms with van der Waals surface area (Å²) in [7, 11) is 2.14. The Bertz CT molecular complexity index is 1390. The van der Waals surface area contributed by atoms with Crippen LogP contribution in [0.2, 0.25) is 0 Å². The molecule has 1 aromatic carbocycles. The zero-order valence-electron chi connectivity index (χ0n) is 22.9. The Morgan fingerprint density at radius 3 is 2.58 bits per heavy atom. The first-order chi connectivity index (χ1) is 19.5. The number of hydrogen-bond acceptors (Lipinski definition) is 10. The lowest BCUT2D eigenvalue weighted by molar-refractivity contribution is -0.117. The molecule has 1 unspecified atom stereocenters. The van der Waals surface area contributed by atoms with E-state index in [1.807, 2.05) is 24.3 Å². The molecule has 11 heteroatoms. The van der Waals surface area contributed by atoms with E-state index in [0.717, 1.165) is 74.0 Å². The molecule has 40 heavy (non-hydrogen) atoms. The molecule has 6 rings (SSSR count). The Hall–Kier alpha value is -3.15. The highest BCUT2D eigenvalue weighted by Crippen LogP contribution is 2.32. The van der Waals surface area contributed by atoms with Gasteiger partial charge in [-0.2, -0.15) is 15.0 Å². The molecule has 1 saturated heterocycles. The summed E-state index contributed by atoms with van der Waals surface area (Å²) in [4.78, 5) is 43.3. The normalized spacial score (nSPS) is 21.2. The van der Waals surface area contributed by atoms with Crippen LogP contribution in [0, 0.1) is 11.8 Å². The predicted molar refractivity (Wildman–Crippen MR) is 163 cm³/mol. The molecular weight excluding hydrogens is 541 g/mol. The number of thiophene rings is 1. The molecule has 1 atom stereocenters. The third-order valence-corrected chi connectivity index (χ3v) is 9.28. The van der Waals surface area contributed by atoms with Crippen molar-refractivity contribution < 1.29 is 4.79 Å². The number of piperazine rings is 1. The minimum Gasteiger partial charge on any atom is -0.338 e. The second-order valence-corrected chi connectivity index (χ2v) is 12.7. The van der Waals surface area contributed by atoms with E-state index in [1.165, 1.54) is 16.6 Å². The van der Waals surface area contributed by atoms with Crippen molar-refractivity contribution in [2.45, 2.75) is 42.7 Å². The first kappa shape index (κ1) is 27.0. The van der Waals surface area contributed by atoms with E-state index in [0.29, 0.717) is 29.4 Å². The van der Waals surface area contributed by atoms with E-state index in [4.69, 9.17) is 24.9 Å². The Labute approximate surface area is 243 Å². The van der Waals surface area contributed by atoms with Crippen LogP contribution in [-0.2, 0) is 4.79 Å². The van der Waals surface area contributed by atoms with Crippen molar-refractivity contribution >= 4 is 58.0 Å². The van der Waals surface area contributed by atoms with Gasteiger partial charge in [0.2, 0.25) is 11.9 Å². The molecule has 3 aliphatic rings. The molecule has 2 fully saturated rings. The van der Waals surface area contributed by atoms with Crippen molar-refractivity contribution in [2.75, 3.05) is 50.0 Å². The summed E-state index contributed by atoms with van der Waals surface area (Å²) >= 11 is 3.21. The van der Waals surface area contributed by atoms with Crippen LogP contribution >= 0.6 is 23.1 Å². The minimum absolute atomic E-state index is 0.110. The van der Waals surface area contributed by atoms with Gasteiger partial charge in [-0.15, -0.1) is 11.3 Å². The highest BCUT2D eigenvalue weighted by Gasteiger charge is 2.29. The number of carbonyl (C=O) groups is 1. The molecule has 208 valence electrons. The van der Waals surface area contributed by atoms with Gasteiger partial charge in [-0.25, -0.2) is 4.99 Å². The molecule has 1 N–H and O–H groups in total. The van der Waals surface area contributed by atoms with E-state index < -0.39 is 0 Å². The summed E-state index contributed by atoms with van der Waals surface area (Å²) in [6.07, 6.45) is 3.63. The van der Waals surface area contributed by atoms with Crippen molar-refractivity contribution in [1.29, 1.82) is 0 Å². The van der Waals surface area contributed by atoms with Crippen LogP contribution in [0.3, 0.4) is 0 Å². The third-order valence-electron chi connectivity index (χ3n) is 7.49. The third kappa shape index (κ3) is 6.76. The standard InChI is InChI=1S/C29H34N8OS2/c1-19-11-12-30-24(25-4-3-17-39-25)18-23(19)32-27-33-28(37-15-13-36(2)14-16-37)35-29(34-27)40-22-9-7-21(8-10-22)31-26(38)20-5-6-20/h3-4,7-10,17,19-20H,5-6,11-16,18H2,1-2H3,(H,31,38). The van der Waals surface area contributed by atoms with Crippen LogP contribution in [0.15, 0.2) is 61.8 Å². The first-order valence-corrected chi connectivity index (χ1v) is 15.6. The van der Waals surface area contributed by atoms with Crippen LogP contribution in [-0.4, -0.2) is 77.0 Å². The van der Waals surface area contributed by atoms with E-state index in [1.54, 1.807) is 11.3 Å². The van der Waals surface area contributed by atoms with Gasteiger partial charge in [-0.05, 0) is 79.7 Å². The highest BCUT2D eigenvalue weighted by atomic mass is 32.2. The number of nitrogens with one attached hydrogen (secondary N) is 1. The number of rotatable bonds is 7. The van der Waals surface area contributed by atoms with Gasteiger partial charge in [0.25, 0.3) is 5.95 Å². The lowest BCUT2D eigenvalue weighted by atomic mass is 9.98. The van der Waals surface area contributed by atoms with Crippen LogP contribution < -0.4 is 10.2 Å². The monoisotopic (exact) mass is 574 g/mol. The van der Waals surface area contributed by atoms with Crippen LogP contribution in [0.25, 0.3) is 0 Å². The maximum absolute atomic E-state index is 12.1. The molecule has 1 aliphatic carbocycles. The molecule has 4 heterocycles. The van der Waals surface area contributed by atoms with Crippen molar-refractivity contribution in [3.63, 3.8) is 0 Å². The fourth-order valence-corrected chi connectivity index (χ4v) is 6.20. The van der Waals surface area contributed by atoms with Crippen LogP contribution in [0.1, 0.15) is 37.5 Å². The maximum atomic E-state index is 12.1. The molecule has 2 aromatic heterocycles. The van der Waals surface area contributed by atoms with Gasteiger partial charge in [0.05, 0.1) is 5.71 Å². The number of aromatic nitrogens is 3. The number of carbonyl (C=O) groups excluding carboxylic acids is 1. The number of benzene rings is 1. The van der Waals surface area contributed by atoms with E-state index in [2.05, 4.69) is 46.6 Å². The van der Waals surface area contributed by atoms with E-state index in [-0.39, 0.29) is 11.8 Å². The fourth-order valence-electron chi connectivity index (χ4n) is 4.73. The number of likely N-dealkylation sites (N-methyl/N-ethyl adjacent to an activating group) is 1. The van der Waals surface area contributed by atoms with Crippen molar-refractivity contribution in [2.24, 2.45) is 21.8 Å². The molecule has 9 nitrogen and oxygen atoms in total. The number of anilines is 2. The molecule has 3 aromatic rings. The maximum Gasteiger partial charge on any atom is 0.255 e. The number of amides is 1. The Morgan fingerprint density at radius 2 is 1.85 bits per heavy atom. The largest absolute Gasteiger partial charge is 0.338 e. The highest BCUT2D eigenvalue weighted by molar-refractivity contribution is 7.99. The summed E-state index contributed by atoms with van der Waals surface area (Å²) in [5.41, 5.74) is 2.97. The second kappa shape index (κ2) is 12.2. The van der Waals surface area contributed by atoms with Gasteiger partial charge in [-0.1, -0.05) is 13.0 Å². The van der Waals surface area contributed by atoms with Crippen molar-refractivity contribution in [3.8, 4) is 0 Å². The summed E-state index contributed by atoms with van der Waals surface area (Å²) < 4.78 is 0. The molecule has 1 amide bonds. The molecular formula is C29H34N8OS2. The Balaban J connectivity index is 1.27. The van der Waals surface area contributed by atoms with E-state index >= 15 is 0 Å². The summed E-state index contributed by atoms with van der Waals surface area (Å²) in [6, 6.07) is 12.1. The zero-order chi connectivity index (χ0) is 27.5. The smallest absolute Gasteiger partial charge is 0.255 e. The molecule has 2 aliphatic heterocycles. The van der Waals surface area contributed by atoms with Gasteiger partial charge in [0.1, 0.15) is 0 Å². The minimum atomic E-state index is 0.110. The lowest BCUT2D eigenvalue weighted by Gasteiger charge is -2.32. The molecule has 0 bridgehead atoms. The number of aliphatic imine (C=N–C) groups is 2. The molecule has 0 radical (unpaired) electrons. The summed E-state index contributed by atoms with van der Waals surface area (Å²) in [5, 5.41) is 5.71. The lowest BCUT2D eigenvalue weighted by Crippen LogP contribution is -2.45. The van der Waals surface area contributed by atoms with Gasteiger partial charge >= 0.3 is 0 Å². The predicted octanol–water partition coefficient (Wildman–Crippen LogP) is 5.18. The first-order valence-electron chi connectivity index (χ1n) is 13.9. The zero-order valence-corrected chi connectivity index (χ0v) is 24.5. The van der Waals surface area contributed by atoms with Crippen molar-refractivity contribution in [1.82, 2.24) is 19.9 Å². The number of hydrogen-bond donors (Lipinski definition) is 1. The van der Waals surface area contributed by atoms with E-state index in [9.17, 15) is 4.79 Å². The number of nitrogens with zero attached hydrogens (tertiary/aromatic N) is 7. The van der Waals surface area contributed by atoms with Crippen LogP contribution in [0.4, 0.5) is 17.6 Å². The topological polar surface area (TPSA) is 99.0 Å². The van der Waals surface area contributed by atoms with Crippen LogP contribution in [0.5, 0.6) is 0 Å². The van der Waals surface area contributed by atoms with Gasteiger partial charge in [0.15, 0.2) is 5.16 Å². The quantitative estimate of drug-likeness (QED) is 0.415. The summed E-state index contributed by atoms with van der Waals surface area (Å²) in [5.74, 6) is 1.70. The van der Waals surface area contributed by atoms with Gasteiger partial charge in [-0.3, -0.25) is 9.79 Å². The average molecular weight is 575 g/mol. The second-order valence-electron chi connectivity index (χ2n) is 10.7. The van der Waals surface area contributed by atoms with Gasteiger partial charge in [0, 0.05) is 66.2 Å². The van der Waals surface area contributed by atoms with Gasteiger partial charge < -0.3 is 15.1 Å². The summed E-state index contributed by atoms with van der Waals surface area (Å²) in [6.45, 7) is 6.67.